The Morgan fingerprint density at radius 2 is 1.75 bits per heavy atom. The van der Waals surface area contributed by atoms with E-state index in [1.165, 1.54) is 0 Å². The largest absolute Gasteiger partial charge is 0.400 e. The van der Waals surface area contributed by atoms with Crippen LogP contribution in [0.25, 0.3) is 0 Å². The zero-order valence-electron chi connectivity index (χ0n) is 5.35. The molecule has 0 bridgehead atoms. The molecule has 0 amide bonds. The number of aliphatic hydroxyl groups excluding tert-OH is 1. The van der Waals surface area contributed by atoms with Crippen molar-refractivity contribution in [3.8, 4) is 0 Å². The fourth-order valence-corrected chi connectivity index (χ4v) is 0. The van der Waals surface area contributed by atoms with E-state index in [1.807, 2.05) is 0 Å². The standard InChI is InChI=1S/C4H7O.CH4O.Y/c1-3-4(2)5;1-2;/h2-3H2,1H3;2H,1H3;/q-1;;. The van der Waals surface area contributed by atoms with Crippen molar-refractivity contribution in [2.75, 3.05) is 7.11 Å². The zero-order valence-corrected chi connectivity index (χ0v) is 8.19. The summed E-state index contributed by atoms with van der Waals surface area (Å²) in [4.78, 5) is 9.70. The van der Waals surface area contributed by atoms with Gasteiger partial charge in [-0.15, -0.1) is 0 Å². The van der Waals surface area contributed by atoms with Crippen LogP contribution in [-0.4, -0.2) is 18.0 Å². The molecular weight excluding hydrogens is 181 g/mol. The first-order valence-corrected chi connectivity index (χ1v) is 2.07. The van der Waals surface area contributed by atoms with Gasteiger partial charge in [0, 0.05) is 39.8 Å². The number of ketones is 1. The molecule has 0 spiro atoms. The number of carbonyl (C=O) groups is 1. The van der Waals surface area contributed by atoms with Crippen molar-refractivity contribution < 1.29 is 42.6 Å². The number of aliphatic hydroxyl groups is 1. The minimum atomic E-state index is 0. The van der Waals surface area contributed by atoms with Gasteiger partial charge in [0.15, 0.2) is 0 Å². The predicted molar refractivity (Wildman–Crippen MR) is 28.8 cm³/mol. The Morgan fingerprint density at radius 1 is 1.62 bits per heavy atom. The molecule has 0 aromatic carbocycles. The van der Waals surface area contributed by atoms with Gasteiger partial charge in [-0.25, -0.2) is 0 Å². The molecule has 1 radical (unpaired) electrons. The van der Waals surface area contributed by atoms with Crippen molar-refractivity contribution in [2.24, 2.45) is 0 Å². The summed E-state index contributed by atoms with van der Waals surface area (Å²) in [6.45, 7) is 4.91. The molecule has 0 aromatic heterocycles. The first-order chi connectivity index (χ1) is 3.27. The number of carbonyl (C=O) groups excluding carboxylic acids is 1. The molecular formula is C5H11O2Y-. The van der Waals surface area contributed by atoms with Gasteiger partial charge in [-0.1, -0.05) is 6.92 Å². The van der Waals surface area contributed by atoms with E-state index in [-0.39, 0.29) is 38.5 Å². The van der Waals surface area contributed by atoms with Gasteiger partial charge in [-0.05, 0) is 12.2 Å². The van der Waals surface area contributed by atoms with Crippen LogP contribution in [0.15, 0.2) is 0 Å². The van der Waals surface area contributed by atoms with E-state index in [1.54, 1.807) is 6.92 Å². The molecule has 0 aromatic rings. The molecule has 8 heavy (non-hydrogen) atoms. The molecule has 0 rings (SSSR count). The van der Waals surface area contributed by atoms with Crippen LogP contribution in [0.1, 0.15) is 13.3 Å². The molecule has 0 aliphatic rings. The fraction of sp³-hybridized carbons (Fsp3) is 0.600. The maximum absolute atomic E-state index is 9.70. The second kappa shape index (κ2) is 15.6. The van der Waals surface area contributed by atoms with Crippen molar-refractivity contribution in [3.63, 3.8) is 0 Å². The van der Waals surface area contributed by atoms with Gasteiger partial charge in [0.2, 0.25) is 0 Å². The topological polar surface area (TPSA) is 37.3 Å². The number of Topliss-reactive ketones (excluding diaryl/α,β-unsaturated/α-hetero) is 1. The quantitative estimate of drug-likeness (QED) is 0.610. The SMILES string of the molecule is CO.[CH2-]C(=O)CC.[Y]. The van der Waals surface area contributed by atoms with E-state index >= 15 is 0 Å². The van der Waals surface area contributed by atoms with E-state index in [0.717, 1.165) is 7.11 Å². The Labute approximate surface area is 75.5 Å². The van der Waals surface area contributed by atoms with E-state index < -0.39 is 0 Å². The van der Waals surface area contributed by atoms with Gasteiger partial charge in [0.25, 0.3) is 0 Å². The smallest absolute Gasteiger partial charge is 0.0319 e. The first-order valence-electron chi connectivity index (χ1n) is 2.07. The van der Waals surface area contributed by atoms with Crippen molar-refractivity contribution in [2.45, 2.75) is 13.3 Å². The average Bonchev–Trinajstić information content (AvgIpc) is 1.73. The van der Waals surface area contributed by atoms with Crippen LogP contribution in [-0.2, 0) is 37.5 Å². The van der Waals surface area contributed by atoms with Gasteiger partial charge in [-0.3, -0.25) is 0 Å². The number of hydrogen-bond acceptors (Lipinski definition) is 2. The average molecular weight is 192 g/mol. The molecule has 1 N–H and O–H groups in total. The van der Waals surface area contributed by atoms with Gasteiger partial charge in [-0.2, -0.15) is 0 Å². The molecule has 0 unspecified atom stereocenters. The van der Waals surface area contributed by atoms with Crippen LogP contribution in [0.3, 0.4) is 0 Å². The van der Waals surface area contributed by atoms with Crippen LogP contribution in [0.4, 0.5) is 0 Å². The monoisotopic (exact) mass is 192 g/mol. The van der Waals surface area contributed by atoms with Crippen LogP contribution < -0.4 is 0 Å². The van der Waals surface area contributed by atoms with Gasteiger partial charge < -0.3 is 16.8 Å². The van der Waals surface area contributed by atoms with Gasteiger partial charge in [0.1, 0.15) is 0 Å². The van der Waals surface area contributed by atoms with Gasteiger partial charge >= 0.3 is 0 Å². The Hall–Kier alpha value is 0.604. The molecule has 0 aliphatic carbocycles. The first kappa shape index (κ1) is 15.8. The Morgan fingerprint density at radius 3 is 1.75 bits per heavy atom. The Kier molecular flexibility index (Phi) is 31.0. The van der Waals surface area contributed by atoms with Crippen molar-refractivity contribution in [3.05, 3.63) is 6.92 Å². The zero-order chi connectivity index (χ0) is 6.28. The fourth-order valence-electron chi connectivity index (χ4n) is 0. The summed E-state index contributed by atoms with van der Waals surface area (Å²) in [7, 11) is 1.00. The third kappa shape index (κ3) is 30.6. The van der Waals surface area contributed by atoms with Crippen molar-refractivity contribution >= 4 is 5.78 Å². The summed E-state index contributed by atoms with van der Waals surface area (Å²) in [6, 6.07) is 0. The van der Waals surface area contributed by atoms with Crippen LogP contribution >= 0.6 is 0 Å². The van der Waals surface area contributed by atoms with E-state index in [2.05, 4.69) is 6.92 Å². The second-order valence-electron chi connectivity index (χ2n) is 0.892. The summed E-state index contributed by atoms with van der Waals surface area (Å²) in [5.74, 6) is 0.00463. The molecule has 0 aliphatic heterocycles. The van der Waals surface area contributed by atoms with Crippen LogP contribution in [0.2, 0.25) is 0 Å². The third-order valence-corrected chi connectivity index (χ3v) is 0.394. The van der Waals surface area contributed by atoms with Gasteiger partial charge in [0.05, 0.1) is 0 Å². The summed E-state index contributed by atoms with van der Waals surface area (Å²) in [6.07, 6.45) is 0.556. The predicted octanol–water partition coefficient (Wildman–Crippen LogP) is 0.406. The molecule has 2 nitrogen and oxygen atoms in total. The second-order valence-corrected chi connectivity index (χ2v) is 0.892. The van der Waals surface area contributed by atoms with E-state index in [9.17, 15) is 4.79 Å². The van der Waals surface area contributed by atoms with Crippen LogP contribution in [0, 0.1) is 6.92 Å². The van der Waals surface area contributed by atoms with E-state index in [4.69, 9.17) is 5.11 Å². The maximum Gasteiger partial charge on any atom is 0.0319 e. The summed E-state index contributed by atoms with van der Waals surface area (Å²) in [5.41, 5.74) is 0. The number of hydrogen-bond donors (Lipinski definition) is 1. The molecule has 3 heteroatoms. The Bertz CT molecular complexity index is 45.7. The molecule has 0 fully saturated rings. The van der Waals surface area contributed by atoms with Crippen LogP contribution in [0.5, 0.6) is 0 Å². The Balaban J connectivity index is -0.0000000750. The third-order valence-electron chi connectivity index (χ3n) is 0.394. The molecule has 0 heterocycles. The summed E-state index contributed by atoms with van der Waals surface area (Å²) in [5, 5.41) is 7.00. The maximum atomic E-state index is 9.70. The van der Waals surface area contributed by atoms with E-state index in [0.29, 0.717) is 6.42 Å². The molecule has 0 saturated heterocycles. The summed E-state index contributed by atoms with van der Waals surface area (Å²) >= 11 is 0. The van der Waals surface area contributed by atoms with Crippen molar-refractivity contribution in [1.29, 1.82) is 0 Å². The molecule has 0 saturated carbocycles. The summed E-state index contributed by atoms with van der Waals surface area (Å²) < 4.78 is 0. The molecule has 47 valence electrons. The van der Waals surface area contributed by atoms with Crippen molar-refractivity contribution in [1.82, 2.24) is 0 Å². The number of rotatable bonds is 1. The minimum absolute atomic E-state index is 0. The molecule has 0 atom stereocenters. The minimum Gasteiger partial charge on any atom is -0.400 e. The normalized spacial score (nSPS) is 5.38.